The Kier molecular flexibility index (Phi) is 10.7. The molecule has 0 saturated heterocycles. The third kappa shape index (κ3) is 8.47. The maximum atomic E-state index is 14.2. The van der Waals surface area contributed by atoms with E-state index in [-0.39, 0.29) is 24.9 Å². The minimum atomic E-state index is -3.87. The highest BCUT2D eigenvalue weighted by Crippen LogP contribution is 2.29. The number of sulfonamides is 1. The number of benzene rings is 3. The molecule has 1 N–H and O–H groups in total. The lowest BCUT2D eigenvalue weighted by molar-refractivity contribution is -0.140. The van der Waals surface area contributed by atoms with E-state index in [0.29, 0.717) is 25.8 Å². The number of nitrogens with zero attached hydrogens (tertiary/aromatic N) is 2. The molecular formula is C30H32BrCl2N3O4S. The number of para-hydroxylation sites is 1. The van der Waals surface area contributed by atoms with E-state index < -0.39 is 28.5 Å². The molecule has 1 saturated carbocycles. The Morgan fingerprint density at radius 3 is 2.29 bits per heavy atom. The highest BCUT2D eigenvalue weighted by atomic mass is 79.9. The van der Waals surface area contributed by atoms with Gasteiger partial charge in [-0.25, -0.2) is 8.42 Å². The van der Waals surface area contributed by atoms with Gasteiger partial charge in [-0.3, -0.25) is 13.9 Å². The average Bonchev–Trinajstić information content (AvgIpc) is 3.43. The van der Waals surface area contributed by atoms with Gasteiger partial charge in [-0.1, -0.05) is 84.6 Å². The van der Waals surface area contributed by atoms with Crippen LogP contribution in [0.25, 0.3) is 0 Å². The molecule has 0 aliphatic heterocycles. The number of hydrogen-bond donors (Lipinski definition) is 1. The van der Waals surface area contributed by atoms with Gasteiger partial charge in [0.1, 0.15) is 12.6 Å². The van der Waals surface area contributed by atoms with E-state index in [2.05, 4.69) is 21.2 Å². The van der Waals surface area contributed by atoms with Gasteiger partial charge < -0.3 is 10.2 Å². The van der Waals surface area contributed by atoms with Crippen molar-refractivity contribution in [1.82, 2.24) is 10.2 Å². The molecule has 0 bridgehead atoms. The van der Waals surface area contributed by atoms with Crippen molar-refractivity contribution in [3.8, 4) is 0 Å². The number of anilines is 1. The summed E-state index contributed by atoms with van der Waals surface area (Å²) < 4.78 is 27.4. The summed E-state index contributed by atoms with van der Waals surface area (Å²) in [4.78, 5) is 29.5. The number of rotatable bonds is 11. The molecule has 11 heteroatoms. The highest BCUT2D eigenvalue weighted by molar-refractivity contribution is 9.10. The van der Waals surface area contributed by atoms with Gasteiger partial charge >= 0.3 is 0 Å². The number of nitrogens with one attached hydrogen (secondary N) is 1. The maximum Gasteiger partial charge on any atom is 0.244 e. The molecular weight excluding hydrogens is 649 g/mol. The van der Waals surface area contributed by atoms with Crippen molar-refractivity contribution in [2.75, 3.05) is 17.1 Å². The van der Waals surface area contributed by atoms with Crippen molar-refractivity contribution in [2.24, 2.45) is 0 Å². The molecule has 0 spiro atoms. The van der Waals surface area contributed by atoms with Crippen molar-refractivity contribution in [1.29, 1.82) is 0 Å². The molecule has 1 aliphatic carbocycles. The predicted molar refractivity (Wildman–Crippen MR) is 168 cm³/mol. The number of carbonyl (C=O) groups excluding carboxylic acids is 2. The van der Waals surface area contributed by atoms with Crippen LogP contribution < -0.4 is 9.62 Å². The number of hydrogen-bond acceptors (Lipinski definition) is 4. The molecule has 218 valence electrons. The first kappa shape index (κ1) is 31.3. The first-order valence-electron chi connectivity index (χ1n) is 13.3. The first-order valence-corrected chi connectivity index (χ1v) is 16.7. The fourth-order valence-electron chi connectivity index (χ4n) is 5.00. The molecule has 2 amide bonds. The zero-order valence-electron chi connectivity index (χ0n) is 22.6. The molecule has 0 aromatic heterocycles. The lowest BCUT2D eigenvalue weighted by atomic mass is 10.0. The van der Waals surface area contributed by atoms with Gasteiger partial charge in [0.25, 0.3) is 0 Å². The van der Waals surface area contributed by atoms with Crippen LogP contribution >= 0.6 is 39.1 Å². The largest absolute Gasteiger partial charge is 0.352 e. The van der Waals surface area contributed by atoms with E-state index in [0.717, 1.165) is 41.8 Å². The normalized spacial score (nSPS) is 14.4. The zero-order valence-corrected chi connectivity index (χ0v) is 26.5. The zero-order chi connectivity index (χ0) is 29.6. The van der Waals surface area contributed by atoms with E-state index in [4.69, 9.17) is 23.2 Å². The van der Waals surface area contributed by atoms with Crippen molar-refractivity contribution in [2.45, 2.75) is 50.7 Å². The first-order chi connectivity index (χ1) is 19.5. The Bertz CT molecular complexity index is 1480. The molecule has 0 heterocycles. The van der Waals surface area contributed by atoms with Gasteiger partial charge in [0, 0.05) is 33.5 Å². The summed E-state index contributed by atoms with van der Waals surface area (Å²) in [5.74, 6) is -0.828. The minimum absolute atomic E-state index is 0.0159. The summed E-state index contributed by atoms with van der Waals surface area (Å²) in [5, 5.41) is 3.92. The Morgan fingerprint density at radius 1 is 1.00 bits per heavy atom. The van der Waals surface area contributed by atoms with Crippen molar-refractivity contribution in [3.05, 3.63) is 98.4 Å². The minimum Gasteiger partial charge on any atom is -0.352 e. The second-order valence-electron chi connectivity index (χ2n) is 10.2. The van der Waals surface area contributed by atoms with Gasteiger partial charge in [0.05, 0.1) is 11.9 Å². The van der Waals surface area contributed by atoms with Crippen LogP contribution in [0.2, 0.25) is 10.0 Å². The lowest BCUT2D eigenvalue weighted by Crippen LogP contribution is -2.54. The second-order valence-corrected chi connectivity index (χ2v) is 13.8. The molecule has 1 fully saturated rings. The van der Waals surface area contributed by atoms with Crippen molar-refractivity contribution < 1.29 is 18.0 Å². The summed E-state index contributed by atoms with van der Waals surface area (Å²) >= 11 is 16.1. The van der Waals surface area contributed by atoms with Crippen LogP contribution in [0.5, 0.6) is 0 Å². The van der Waals surface area contributed by atoms with E-state index in [9.17, 15) is 18.0 Å². The molecule has 1 aliphatic rings. The van der Waals surface area contributed by atoms with Crippen LogP contribution in [0.4, 0.5) is 5.69 Å². The third-order valence-corrected chi connectivity index (χ3v) is 9.51. The Labute approximate surface area is 260 Å². The summed E-state index contributed by atoms with van der Waals surface area (Å²) in [6.07, 6.45) is 5.12. The molecule has 0 radical (unpaired) electrons. The van der Waals surface area contributed by atoms with Gasteiger partial charge in [-0.15, -0.1) is 0 Å². The van der Waals surface area contributed by atoms with Crippen LogP contribution in [0, 0.1) is 0 Å². The third-order valence-electron chi connectivity index (χ3n) is 7.13. The van der Waals surface area contributed by atoms with E-state index in [1.807, 2.05) is 30.3 Å². The molecule has 41 heavy (non-hydrogen) atoms. The smallest absolute Gasteiger partial charge is 0.244 e. The number of halogens is 3. The Hall–Kier alpha value is -2.59. The van der Waals surface area contributed by atoms with Crippen molar-refractivity contribution >= 4 is 66.7 Å². The van der Waals surface area contributed by atoms with Gasteiger partial charge in [-0.05, 0) is 64.2 Å². The molecule has 0 unspecified atom stereocenters. The SMILES string of the molecule is CS(=O)(=O)N(CC(=O)N(Cc1ccc(Cl)cc1Cl)[C@H](Cc1ccccc1)C(=O)NC1CCCC1)c1ccccc1Br. The highest BCUT2D eigenvalue weighted by Gasteiger charge is 2.34. The van der Waals surface area contributed by atoms with Crippen molar-refractivity contribution in [3.63, 3.8) is 0 Å². The number of carbonyl (C=O) groups is 2. The van der Waals surface area contributed by atoms with Crippen LogP contribution in [0.3, 0.4) is 0 Å². The van der Waals surface area contributed by atoms with Crippen LogP contribution in [0.15, 0.2) is 77.3 Å². The molecule has 3 aromatic carbocycles. The molecule has 3 aromatic rings. The van der Waals surface area contributed by atoms with Gasteiger partial charge in [0.15, 0.2) is 0 Å². The standard InChI is InChI=1S/C30H32BrCl2N3O4S/c1-41(39,40)36(27-14-8-7-13-25(27)31)20-29(37)35(19-22-15-16-23(32)18-26(22)33)28(17-21-9-3-2-4-10-21)30(38)34-24-11-5-6-12-24/h2-4,7-10,13-16,18,24,28H,5-6,11-12,17,19-20H2,1H3,(H,34,38)/t28-/m1/s1. The fourth-order valence-corrected chi connectivity index (χ4v) is 6.95. The lowest BCUT2D eigenvalue weighted by Gasteiger charge is -2.34. The summed E-state index contributed by atoms with van der Waals surface area (Å²) in [6.45, 7) is -0.521. The second kappa shape index (κ2) is 14.1. The van der Waals surface area contributed by atoms with E-state index in [1.54, 1.807) is 42.5 Å². The molecule has 1 atom stereocenters. The van der Waals surface area contributed by atoms with Crippen LogP contribution in [-0.2, 0) is 32.6 Å². The summed E-state index contributed by atoms with van der Waals surface area (Å²) in [7, 11) is -3.87. The predicted octanol–water partition coefficient (Wildman–Crippen LogP) is 6.22. The monoisotopic (exact) mass is 679 g/mol. The summed E-state index contributed by atoms with van der Waals surface area (Å²) in [5.41, 5.74) is 1.77. The summed E-state index contributed by atoms with van der Waals surface area (Å²) in [6, 6.07) is 20.3. The van der Waals surface area contributed by atoms with Gasteiger partial charge in [0.2, 0.25) is 21.8 Å². The Morgan fingerprint density at radius 2 is 1.66 bits per heavy atom. The van der Waals surface area contributed by atoms with Gasteiger partial charge in [-0.2, -0.15) is 0 Å². The van der Waals surface area contributed by atoms with E-state index in [1.165, 1.54) is 4.90 Å². The number of amides is 2. The Balaban J connectivity index is 1.75. The average molecular weight is 681 g/mol. The molecule has 7 nitrogen and oxygen atoms in total. The fraction of sp³-hybridized carbons (Fsp3) is 0.333. The topological polar surface area (TPSA) is 86.8 Å². The van der Waals surface area contributed by atoms with Crippen LogP contribution in [-0.4, -0.2) is 50.0 Å². The van der Waals surface area contributed by atoms with E-state index >= 15 is 0 Å². The maximum absolute atomic E-state index is 14.2. The molecule has 4 rings (SSSR count). The quantitative estimate of drug-likeness (QED) is 0.261. The van der Waals surface area contributed by atoms with Crippen LogP contribution in [0.1, 0.15) is 36.8 Å².